The topological polar surface area (TPSA) is 98.5 Å². The Labute approximate surface area is 153 Å². The van der Waals surface area contributed by atoms with Crippen molar-refractivity contribution in [3.63, 3.8) is 0 Å². The van der Waals surface area contributed by atoms with E-state index >= 15 is 0 Å². The van der Waals surface area contributed by atoms with Gasteiger partial charge in [0.2, 0.25) is 0 Å². The average molecular weight is 378 g/mol. The van der Waals surface area contributed by atoms with Crippen LogP contribution < -0.4 is 5.32 Å². The predicted molar refractivity (Wildman–Crippen MR) is 91.0 cm³/mol. The summed E-state index contributed by atoms with van der Waals surface area (Å²) in [6.45, 7) is 2.35. The fourth-order valence-corrected chi connectivity index (χ4v) is 2.42. The minimum atomic E-state index is -0.830. The number of nitrogens with zero attached hydrogens (tertiary/aromatic N) is 1. The van der Waals surface area contributed by atoms with E-state index in [0.29, 0.717) is 6.07 Å². The van der Waals surface area contributed by atoms with Crippen molar-refractivity contribution in [2.45, 2.75) is 19.9 Å². The van der Waals surface area contributed by atoms with Crippen LogP contribution in [0.25, 0.3) is 0 Å². The van der Waals surface area contributed by atoms with E-state index < -0.39 is 41.1 Å². The number of esters is 1. The molecular weight excluding hydrogens is 362 g/mol. The molecule has 0 aliphatic heterocycles. The molecule has 1 N–H and O–H groups in total. The Bertz CT molecular complexity index is 901. The summed E-state index contributed by atoms with van der Waals surface area (Å²) < 4.78 is 31.5. The van der Waals surface area contributed by atoms with Crippen molar-refractivity contribution < 1.29 is 28.0 Å². The first kappa shape index (κ1) is 20.0. The molecule has 1 amide bonds. The summed E-state index contributed by atoms with van der Waals surface area (Å²) in [4.78, 5) is 34.0. The molecule has 0 spiro atoms. The van der Waals surface area contributed by atoms with Gasteiger partial charge >= 0.3 is 5.97 Å². The van der Waals surface area contributed by atoms with Crippen LogP contribution in [-0.4, -0.2) is 23.4 Å². The van der Waals surface area contributed by atoms with Crippen LogP contribution in [0, 0.1) is 28.7 Å². The second-order valence-corrected chi connectivity index (χ2v) is 5.79. The molecule has 0 aromatic heterocycles. The van der Waals surface area contributed by atoms with Crippen LogP contribution in [0.3, 0.4) is 0 Å². The molecule has 2 rings (SSSR count). The molecule has 0 fully saturated rings. The van der Waals surface area contributed by atoms with Crippen molar-refractivity contribution in [3.05, 3.63) is 74.8 Å². The third kappa shape index (κ3) is 5.06. The fourth-order valence-electron chi connectivity index (χ4n) is 2.42. The number of nitro benzene ring substituents is 1. The summed E-state index contributed by atoms with van der Waals surface area (Å²) in [5.41, 5.74) is 0.282. The maximum absolute atomic E-state index is 13.7. The van der Waals surface area contributed by atoms with Gasteiger partial charge < -0.3 is 10.1 Å². The molecule has 2 aromatic rings. The number of amides is 1. The normalized spacial score (nSPS) is 11.6. The third-order valence-corrected chi connectivity index (χ3v) is 3.77. The molecule has 1 atom stereocenters. The summed E-state index contributed by atoms with van der Waals surface area (Å²) in [5.74, 6) is -3.05. The predicted octanol–water partition coefficient (Wildman–Crippen LogP) is 3.22. The molecule has 27 heavy (non-hydrogen) atoms. The van der Waals surface area contributed by atoms with Crippen molar-refractivity contribution in [3.8, 4) is 0 Å². The van der Waals surface area contributed by atoms with Crippen molar-refractivity contribution in [2.75, 3.05) is 6.61 Å². The second kappa shape index (κ2) is 8.35. The van der Waals surface area contributed by atoms with Gasteiger partial charge in [0.25, 0.3) is 11.6 Å². The summed E-state index contributed by atoms with van der Waals surface area (Å²) in [6.07, 6.45) is 0. The highest BCUT2D eigenvalue weighted by Crippen LogP contribution is 2.20. The Hall–Kier alpha value is -3.36. The minimum Gasteiger partial charge on any atom is -0.452 e. The number of hydrogen-bond donors (Lipinski definition) is 1. The lowest BCUT2D eigenvalue weighted by Crippen LogP contribution is -2.31. The van der Waals surface area contributed by atoms with E-state index in [9.17, 15) is 28.5 Å². The Morgan fingerprint density at radius 1 is 1.22 bits per heavy atom. The van der Waals surface area contributed by atoms with Crippen LogP contribution >= 0.6 is 0 Å². The lowest BCUT2D eigenvalue weighted by Gasteiger charge is -2.15. The largest absolute Gasteiger partial charge is 0.452 e. The quantitative estimate of drug-likeness (QED) is 0.473. The SMILES string of the molecule is Cc1cc(C(=O)OCC(=O)N[C@@H](C)c2ccc(F)cc2F)ccc1[N+](=O)[O-]. The molecule has 0 aliphatic carbocycles. The van der Waals surface area contributed by atoms with Crippen LogP contribution in [0.4, 0.5) is 14.5 Å². The molecule has 0 radical (unpaired) electrons. The first-order chi connectivity index (χ1) is 12.7. The van der Waals surface area contributed by atoms with E-state index in [1.807, 2.05) is 0 Å². The monoisotopic (exact) mass is 378 g/mol. The molecule has 0 unspecified atom stereocenters. The molecule has 0 heterocycles. The Morgan fingerprint density at radius 3 is 2.52 bits per heavy atom. The van der Waals surface area contributed by atoms with Crippen LogP contribution in [0.15, 0.2) is 36.4 Å². The average Bonchev–Trinajstić information content (AvgIpc) is 2.59. The zero-order valence-corrected chi connectivity index (χ0v) is 14.5. The van der Waals surface area contributed by atoms with E-state index in [2.05, 4.69) is 5.32 Å². The van der Waals surface area contributed by atoms with Crippen LogP contribution in [-0.2, 0) is 9.53 Å². The Balaban J connectivity index is 1.94. The summed E-state index contributed by atoms with van der Waals surface area (Å²) in [6, 6.07) is 5.90. The van der Waals surface area contributed by atoms with Crippen molar-refractivity contribution in [2.24, 2.45) is 0 Å². The Kier molecular flexibility index (Phi) is 6.17. The zero-order valence-electron chi connectivity index (χ0n) is 14.5. The van der Waals surface area contributed by atoms with Crippen molar-refractivity contribution in [1.29, 1.82) is 0 Å². The van der Waals surface area contributed by atoms with Crippen molar-refractivity contribution in [1.82, 2.24) is 5.32 Å². The van der Waals surface area contributed by atoms with Crippen molar-refractivity contribution >= 4 is 17.6 Å². The lowest BCUT2D eigenvalue weighted by atomic mass is 10.1. The minimum absolute atomic E-state index is 0.0588. The number of halogens is 2. The molecule has 0 saturated carbocycles. The molecule has 9 heteroatoms. The highest BCUT2D eigenvalue weighted by molar-refractivity contribution is 5.91. The maximum Gasteiger partial charge on any atom is 0.338 e. The number of ether oxygens (including phenoxy) is 1. The molecule has 2 aromatic carbocycles. The van der Waals surface area contributed by atoms with Gasteiger partial charge in [-0.2, -0.15) is 0 Å². The zero-order chi connectivity index (χ0) is 20.1. The molecule has 0 aliphatic rings. The number of benzene rings is 2. The summed E-state index contributed by atoms with van der Waals surface area (Å²) >= 11 is 0. The van der Waals surface area contributed by atoms with Gasteiger partial charge in [-0.1, -0.05) is 6.07 Å². The Morgan fingerprint density at radius 2 is 1.93 bits per heavy atom. The van der Waals surface area contributed by atoms with E-state index in [-0.39, 0.29) is 22.4 Å². The van der Waals surface area contributed by atoms with Gasteiger partial charge in [0.05, 0.1) is 16.5 Å². The number of aryl methyl sites for hydroxylation is 1. The molecule has 7 nitrogen and oxygen atoms in total. The van der Waals surface area contributed by atoms with Gasteiger partial charge in [0.15, 0.2) is 6.61 Å². The molecule has 0 saturated heterocycles. The smallest absolute Gasteiger partial charge is 0.338 e. The van der Waals surface area contributed by atoms with Gasteiger partial charge in [0, 0.05) is 23.3 Å². The highest BCUT2D eigenvalue weighted by atomic mass is 19.1. The van der Waals surface area contributed by atoms with E-state index in [0.717, 1.165) is 6.07 Å². The van der Waals surface area contributed by atoms with Crippen LogP contribution in [0.5, 0.6) is 0 Å². The summed E-state index contributed by atoms with van der Waals surface area (Å²) in [5, 5.41) is 13.2. The van der Waals surface area contributed by atoms with Gasteiger partial charge in [-0.05, 0) is 32.0 Å². The molecule has 142 valence electrons. The standard InChI is InChI=1S/C18H16F2N2O5/c1-10-7-12(3-6-16(10)22(25)26)18(24)27-9-17(23)21-11(2)14-5-4-13(19)8-15(14)20/h3-8,11H,9H2,1-2H3,(H,21,23)/t11-/m0/s1. The van der Waals surface area contributed by atoms with Gasteiger partial charge in [-0.25, -0.2) is 13.6 Å². The third-order valence-electron chi connectivity index (χ3n) is 3.77. The van der Waals surface area contributed by atoms with Gasteiger partial charge in [0.1, 0.15) is 11.6 Å². The van der Waals surface area contributed by atoms with E-state index in [1.165, 1.54) is 38.1 Å². The summed E-state index contributed by atoms with van der Waals surface area (Å²) in [7, 11) is 0. The first-order valence-electron chi connectivity index (χ1n) is 7.85. The second-order valence-electron chi connectivity index (χ2n) is 5.79. The molecular formula is C18H16F2N2O5. The fraction of sp³-hybridized carbons (Fsp3) is 0.222. The number of hydrogen-bond acceptors (Lipinski definition) is 5. The van der Waals surface area contributed by atoms with E-state index in [1.54, 1.807) is 0 Å². The maximum atomic E-state index is 13.7. The first-order valence-corrected chi connectivity index (χ1v) is 7.85. The van der Waals surface area contributed by atoms with Crippen LogP contribution in [0.2, 0.25) is 0 Å². The number of carbonyl (C=O) groups excluding carboxylic acids is 2. The number of nitrogens with one attached hydrogen (secondary N) is 1. The van der Waals surface area contributed by atoms with Crippen LogP contribution in [0.1, 0.15) is 34.5 Å². The number of carbonyl (C=O) groups is 2. The molecule has 0 bridgehead atoms. The lowest BCUT2D eigenvalue weighted by molar-refractivity contribution is -0.385. The van der Waals surface area contributed by atoms with Gasteiger partial charge in [-0.15, -0.1) is 0 Å². The van der Waals surface area contributed by atoms with E-state index in [4.69, 9.17) is 4.74 Å². The number of nitro groups is 1. The number of rotatable bonds is 6. The van der Waals surface area contributed by atoms with Gasteiger partial charge in [-0.3, -0.25) is 14.9 Å². The highest BCUT2D eigenvalue weighted by Gasteiger charge is 2.18.